The first-order chi connectivity index (χ1) is 11.8. The molecule has 1 nitrogen and oxygen atoms in total. The van der Waals surface area contributed by atoms with Crippen molar-refractivity contribution in [1.82, 2.24) is 0 Å². The molecule has 24 heavy (non-hydrogen) atoms. The van der Waals surface area contributed by atoms with Gasteiger partial charge in [0.25, 0.3) is 0 Å². The van der Waals surface area contributed by atoms with Gasteiger partial charge in [0.05, 0.1) is 0 Å². The summed E-state index contributed by atoms with van der Waals surface area (Å²) >= 11 is 0. The van der Waals surface area contributed by atoms with Gasteiger partial charge in [-0.1, -0.05) is 91.0 Å². The van der Waals surface area contributed by atoms with Crippen molar-refractivity contribution >= 4 is 24.6 Å². The minimum absolute atomic E-state index is 0.856. The van der Waals surface area contributed by atoms with Crippen molar-refractivity contribution in [2.24, 2.45) is 0 Å². The van der Waals surface area contributed by atoms with E-state index in [9.17, 15) is 4.57 Å². The summed E-state index contributed by atoms with van der Waals surface area (Å²) in [6.07, 6.45) is 3.99. The van der Waals surface area contributed by atoms with E-state index in [2.05, 4.69) is 24.3 Å². The van der Waals surface area contributed by atoms with Crippen molar-refractivity contribution in [2.45, 2.75) is 0 Å². The van der Waals surface area contributed by atoms with Crippen molar-refractivity contribution in [1.29, 1.82) is 0 Å². The van der Waals surface area contributed by atoms with Crippen molar-refractivity contribution in [2.75, 3.05) is 0 Å². The Morgan fingerprint density at radius 1 is 0.542 bits per heavy atom. The molecule has 3 aromatic rings. The van der Waals surface area contributed by atoms with E-state index in [1.807, 2.05) is 78.4 Å². The SMILES string of the molecule is O=P1(c2ccccc2)/C=C\c2ccccc2-c2ccccc2/C=C/1. The Morgan fingerprint density at radius 2 is 1.00 bits per heavy atom. The van der Waals surface area contributed by atoms with E-state index in [4.69, 9.17) is 0 Å². The minimum Gasteiger partial charge on any atom is -0.310 e. The second-order valence-electron chi connectivity index (χ2n) is 5.85. The van der Waals surface area contributed by atoms with Crippen LogP contribution in [0.15, 0.2) is 90.5 Å². The fourth-order valence-electron chi connectivity index (χ4n) is 3.04. The molecule has 0 fully saturated rings. The number of benzene rings is 3. The lowest BCUT2D eigenvalue weighted by molar-refractivity contribution is 0.592. The van der Waals surface area contributed by atoms with Gasteiger partial charge < -0.3 is 4.57 Å². The van der Waals surface area contributed by atoms with Crippen LogP contribution in [0.25, 0.3) is 23.3 Å². The third-order valence-corrected chi connectivity index (χ3v) is 6.61. The maximum atomic E-state index is 13.6. The highest BCUT2D eigenvalue weighted by molar-refractivity contribution is 7.77. The first-order valence-corrected chi connectivity index (χ1v) is 9.83. The molecule has 0 saturated carbocycles. The third kappa shape index (κ3) is 2.68. The number of rotatable bonds is 1. The average Bonchev–Trinajstić information content (AvgIpc) is 2.71. The van der Waals surface area contributed by atoms with Gasteiger partial charge in [-0.15, -0.1) is 0 Å². The van der Waals surface area contributed by atoms with Gasteiger partial charge in [0.2, 0.25) is 0 Å². The van der Waals surface area contributed by atoms with E-state index >= 15 is 0 Å². The summed E-state index contributed by atoms with van der Waals surface area (Å²) in [5, 5.41) is 0.856. The van der Waals surface area contributed by atoms with Gasteiger partial charge in [-0.05, 0) is 33.9 Å². The van der Waals surface area contributed by atoms with Crippen molar-refractivity contribution in [3.05, 3.63) is 102 Å². The Bertz CT molecular complexity index is 924. The summed E-state index contributed by atoms with van der Waals surface area (Å²) in [5.41, 5.74) is 4.50. The van der Waals surface area contributed by atoms with Crippen LogP contribution in [0, 0.1) is 0 Å². The standard InChI is InChI=1S/C22H17OP/c23-24(20-10-2-1-3-11-20)16-14-18-8-4-6-12-21(18)22-13-7-5-9-19(22)15-17-24/h1-17H/b16-14-,17-15+. The van der Waals surface area contributed by atoms with Crippen molar-refractivity contribution in [3.8, 4) is 11.1 Å². The molecule has 1 heterocycles. The first kappa shape index (κ1) is 14.9. The van der Waals surface area contributed by atoms with E-state index in [0.29, 0.717) is 0 Å². The van der Waals surface area contributed by atoms with Gasteiger partial charge in [-0.3, -0.25) is 0 Å². The summed E-state index contributed by atoms with van der Waals surface area (Å²) in [7, 11) is -2.74. The second-order valence-corrected chi connectivity index (χ2v) is 8.38. The lowest BCUT2D eigenvalue weighted by Crippen LogP contribution is -1.99. The highest BCUT2D eigenvalue weighted by atomic mass is 31.2. The highest BCUT2D eigenvalue weighted by Crippen LogP contribution is 2.50. The first-order valence-electron chi connectivity index (χ1n) is 7.98. The number of hydrogen-bond acceptors (Lipinski definition) is 1. The normalized spacial score (nSPS) is 21.5. The molecule has 116 valence electrons. The smallest absolute Gasteiger partial charge is 0.157 e. The van der Waals surface area contributed by atoms with E-state index in [0.717, 1.165) is 27.6 Å². The zero-order valence-electron chi connectivity index (χ0n) is 13.2. The minimum atomic E-state index is -2.74. The molecule has 0 aliphatic carbocycles. The molecule has 0 amide bonds. The van der Waals surface area contributed by atoms with Gasteiger partial charge in [0.1, 0.15) is 0 Å². The van der Waals surface area contributed by atoms with Crippen LogP contribution in [0.4, 0.5) is 0 Å². The summed E-state index contributed by atoms with van der Waals surface area (Å²) in [5.74, 6) is 3.73. The molecule has 4 rings (SSSR count). The molecule has 2 heteroatoms. The molecule has 0 saturated heterocycles. The molecule has 0 aromatic heterocycles. The Balaban J connectivity index is 1.98. The lowest BCUT2D eigenvalue weighted by Gasteiger charge is -2.09. The number of fused-ring (bicyclic) bond motifs is 3. The van der Waals surface area contributed by atoms with Crippen LogP contribution >= 0.6 is 7.14 Å². The van der Waals surface area contributed by atoms with E-state index in [-0.39, 0.29) is 0 Å². The van der Waals surface area contributed by atoms with Crippen LogP contribution in [-0.2, 0) is 4.57 Å². The molecule has 0 spiro atoms. The Labute approximate surface area is 142 Å². The molecular weight excluding hydrogens is 311 g/mol. The molecule has 1 unspecified atom stereocenters. The Morgan fingerprint density at radius 3 is 1.54 bits per heavy atom. The Hall–Kier alpha value is -2.63. The number of hydrogen-bond donors (Lipinski definition) is 0. The lowest BCUT2D eigenvalue weighted by atomic mass is 9.95. The van der Waals surface area contributed by atoms with Gasteiger partial charge in [-0.2, -0.15) is 0 Å². The van der Waals surface area contributed by atoms with E-state index in [1.54, 1.807) is 0 Å². The summed E-state index contributed by atoms with van der Waals surface area (Å²) < 4.78 is 13.6. The maximum absolute atomic E-state index is 13.6. The van der Waals surface area contributed by atoms with Crippen LogP contribution in [0.1, 0.15) is 11.1 Å². The van der Waals surface area contributed by atoms with Crippen LogP contribution in [0.5, 0.6) is 0 Å². The Kier molecular flexibility index (Phi) is 3.80. The summed E-state index contributed by atoms with van der Waals surface area (Å²) in [4.78, 5) is 0. The molecule has 0 radical (unpaired) electrons. The fraction of sp³-hybridized carbons (Fsp3) is 0. The van der Waals surface area contributed by atoms with Gasteiger partial charge >= 0.3 is 0 Å². The second kappa shape index (κ2) is 6.11. The van der Waals surface area contributed by atoms with Gasteiger partial charge in [0.15, 0.2) is 7.14 Å². The zero-order chi connectivity index (χ0) is 16.4. The molecule has 1 aliphatic rings. The molecule has 1 atom stereocenters. The van der Waals surface area contributed by atoms with Gasteiger partial charge in [0, 0.05) is 5.30 Å². The van der Waals surface area contributed by atoms with Crippen LogP contribution < -0.4 is 5.30 Å². The topological polar surface area (TPSA) is 17.1 Å². The molecule has 0 N–H and O–H groups in total. The van der Waals surface area contributed by atoms with Crippen LogP contribution in [0.3, 0.4) is 0 Å². The van der Waals surface area contributed by atoms with Crippen LogP contribution in [-0.4, -0.2) is 0 Å². The van der Waals surface area contributed by atoms with E-state index < -0.39 is 7.14 Å². The fourth-order valence-corrected chi connectivity index (χ4v) is 4.89. The zero-order valence-corrected chi connectivity index (χ0v) is 14.1. The molecule has 3 aromatic carbocycles. The van der Waals surface area contributed by atoms with Gasteiger partial charge in [-0.25, -0.2) is 0 Å². The largest absolute Gasteiger partial charge is 0.310 e. The average molecular weight is 328 g/mol. The summed E-state index contributed by atoms with van der Waals surface area (Å²) in [6.45, 7) is 0. The van der Waals surface area contributed by atoms with E-state index in [1.165, 1.54) is 0 Å². The van der Waals surface area contributed by atoms with Crippen molar-refractivity contribution in [3.63, 3.8) is 0 Å². The predicted octanol–water partition coefficient (Wildman–Crippen LogP) is 6.00. The quantitative estimate of drug-likeness (QED) is 0.501. The highest BCUT2D eigenvalue weighted by Gasteiger charge is 2.19. The third-order valence-electron chi connectivity index (χ3n) is 4.32. The monoisotopic (exact) mass is 328 g/mol. The molecular formula is C22H17OP. The van der Waals surface area contributed by atoms with Crippen LogP contribution in [0.2, 0.25) is 0 Å². The summed E-state index contributed by atoms with van der Waals surface area (Å²) in [6, 6.07) is 26.2. The molecule has 1 aliphatic heterocycles. The molecule has 0 bridgehead atoms. The van der Waals surface area contributed by atoms with Crippen molar-refractivity contribution < 1.29 is 4.57 Å². The maximum Gasteiger partial charge on any atom is 0.157 e. The predicted molar refractivity (Wildman–Crippen MR) is 104 cm³/mol.